The molecule has 0 heterocycles. The number of nitro benzene ring substituents is 1. The molecule has 1 aromatic rings. The van der Waals surface area contributed by atoms with Crippen molar-refractivity contribution >= 4 is 23.3 Å². The lowest BCUT2D eigenvalue weighted by Crippen LogP contribution is -2.26. The molecule has 0 unspecified atom stereocenters. The summed E-state index contributed by atoms with van der Waals surface area (Å²) < 4.78 is 4.51. The van der Waals surface area contributed by atoms with E-state index in [1.54, 1.807) is 12.1 Å². The summed E-state index contributed by atoms with van der Waals surface area (Å²) in [5.41, 5.74) is 0.464. The van der Waals surface area contributed by atoms with Gasteiger partial charge in [0.2, 0.25) is 0 Å². The number of methoxy groups -OCH3 is 1. The van der Waals surface area contributed by atoms with Crippen molar-refractivity contribution in [3.8, 4) is 0 Å². The largest absolute Gasteiger partial charge is 0.469 e. The van der Waals surface area contributed by atoms with Gasteiger partial charge in [-0.1, -0.05) is 77.6 Å². The van der Waals surface area contributed by atoms with Crippen LogP contribution in [0.1, 0.15) is 101 Å². The molecule has 0 radical (unpaired) electrons. The Bertz CT molecular complexity index is 724. The van der Waals surface area contributed by atoms with Gasteiger partial charge in [0.05, 0.1) is 18.5 Å². The predicted molar refractivity (Wildman–Crippen MR) is 132 cm³/mol. The Hall–Kier alpha value is -2.64. The minimum atomic E-state index is -0.490. The molecule has 0 aliphatic rings. The van der Waals surface area contributed by atoms with Crippen molar-refractivity contribution < 1.29 is 19.2 Å². The Morgan fingerprint density at radius 1 is 0.909 bits per heavy atom. The summed E-state index contributed by atoms with van der Waals surface area (Å²) in [6, 6.07) is 4.37. The lowest BCUT2D eigenvalue weighted by atomic mass is 10.1. The minimum absolute atomic E-state index is 0.0447. The molecule has 2 N–H and O–H groups in total. The van der Waals surface area contributed by atoms with E-state index in [1.165, 1.54) is 77.4 Å². The third-order valence-electron chi connectivity index (χ3n) is 5.64. The second kappa shape index (κ2) is 17.9. The number of rotatable bonds is 19. The monoisotopic (exact) mass is 463 g/mol. The van der Waals surface area contributed by atoms with Crippen LogP contribution < -0.4 is 10.6 Å². The van der Waals surface area contributed by atoms with Crippen molar-refractivity contribution in [2.45, 2.75) is 90.4 Å². The van der Waals surface area contributed by atoms with Crippen molar-refractivity contribution in [2.75, 3.05) is 25.5 Å². The lowest BCUT2D eigenvalue weighted by molar-refractivity contribution is -0.384. The summed E-state index contributed by atoms with van der Waals surface area (Å²) in [5.74, 6) is -0.895. The number of ether oxygens (including phenoxy) is 1. The molecule has 0 spiro atoms. The molecular weight excluding hydrogens is 422 g/mol. The quantitative estimate of drug-likeness (QED) is 0.113. The SMILES string of the molecule is CCCCCCCCCCCCCCNc1ccc(C(=O)NCCC(=O)OC)cc1[N+](=O)[O-]. The number of benzene rings is 1. The van der Waals surface area contributed by atoms with Gasteiger partial charge in [0.1, 0.15) is 5.69 Å². The van der Waals surface area contributed by atoms with E-state index in [-0.39, 0.29) is 24.2 Å². The normalized spacial score (nSPS) is 10.6. The molecule has 1 aromatic carbocycles. The molecule has 8 heteroatoms. The van der Waals surface area contributed by atoms with Crippen LogP contribution in [0, 0.1) is 10.1 Å². The first kappa shape index (κ1) is 28.4. The van der Waals surface area contributed by atoms with Crippen LogP contribution >= 0.6 is 0 Å². The van der Waals surface area contributed by atoms with Gasteiger partial charge in [-0.3, -0.25) is 19.7 Å². The van der Waals surface area contributed by atoms with Gasteiger partial charge in [-0.15, -0.1) is 0 Å². The van der Waals surface area contributed by atoms with Crippen LogP contribution in [0.3, 0.4) is 0 Å². The number of esters is 1. The summed E-state index contributed by atoms with van der Waals surface area (Å²) in [6.07, 6.45) is 15.2. The second-order valence-electron chi connectivity index (χ2n) is 8.39. The number of anilines is 1. The van der Waals surface area contributed by atoms with Gasteiger partial charge in [-0.25, -0.2) is 0 Å². The van der Waals surface area contributed by atoms with Gasteiger partial charge in [0, 0.05) is 24.7 Å². The molecule has 1 rings (SSSR count). The van der Waals surface area contributed by atoms with Crippen LogP contribution in [0.25, 0.3) is 0 Å². The molecule has 8 nitrogen and oxygen atoms in total. The van der Waals surface area contributed by atoms with E-state index in [4.69, 9.17) is 0 Å². The maximum absolute atomic E-state index is 12.2. The zero-order valence-electron chi connectivity index (χ0n) is 20.3. The molecule has 186 valence electrons. The Balaban J connectivity index is 2.27. The van der Waals surface area contributed by atoms with Crippen LogP contribution in [0.2, 0.25) is 0 Å². The van der Waals surface area contributed by atoms with Gasteiger partial charge in [0.15, 0.2) is 0 Å². The summed E-state index contributed by atoms with van der Waals surface area (Å²) in [7, 11) is 1.27. The zero-order chi connectivity index (χ0) is 24.3. The molecule has 0 fully saturated rings. The first-order valence-corrected chi connectivity index (χ1v) is 12.4. The predicted octanol–water partition coefficient (Wildman–Crippen LogP) is 6.00. The summed E-state index contributed by atoms with van der Waals surface area (Å²) in [6.45, 7) is 3.01. The molecule has 0 aliphatic carbocycles. The summed E-state index contributed by atoms with van der Waals surface area (Å²) >= 11 is 0. The van der Waals surface area contributed by atoms with Crippen molar-refractivity contribution in [3.63, 3.8) is 0 Å². The maximum Gasteiger partial charge on any atom is 0.307 e. The molecule has 0 bridgehead atoms. The summed E-state index contributed by atoms with van der Waals surface area (Å²) in [4.78, 5) is 34.2. The van der Waals surface area contributed by atoms with Crippen molar-refractivity contribution in [3.05, 3.63) is 33.9 Å². The second-order valence-corrected chi connectivity index (χ2v) is 8.39. The van der Waals surface area contributed by atoms with Gasteiger partial charge in [-0.05, 0) is 18.6 Å². The standard InChI is InChI=1S/C25H41N3O5/c1-3-4-5-6-7-8-9-10-11-12-13-14-18-26-22-16-15-21(20-23(22)28(31)32)25(30)27-19-17-24(29)33-2/h15-16,20,26H,3-14,17-19H2,1-2H3,(H,27,30). The number of unbranched alkanes of at least 4 members (excludes halogenated alkanes) is 11. The fourth-order valence-corrected chi connectivity index (χ4v) is 3.64. The highest BCUT2D eigenvalue weighted by Gasteiger charge is 2.17. The van der Waals surface area contributed by atoms with Crippen molar-refractivity contribution in [1.82, 2.24) is 5.32 Å². The molecule has 0 aromatic heterocycles. The zero-order valence-corrected chi connectivity index (χ0v) is 20.3. The van der Waals surface area contributed by atoms with Crippen LogP contribution in [0.15, 0.2) is 18.2 Å². The highest BCUT2D eigenvalue weighted by molar-refractivity contribution is 5.95. The van der Waals surface area contributed by atoms with Crippen LogP contribution in [0.4, 0.5) is 11.4 Å². The van der Waals surface area contributed by atoms with E-state index in [0.717, 1.165) is 12.8 Å². The summed E-state index contributed by atoms with van der Waals surface area (Å²) in [5, 5.41) is 17.1. The van der Waals surface area contributed by atoms with Crippen LogP contribution in [-0.4, -0.2) is 37.0 Å². The van der Waals surface area contributed by atoms with E-state index in [9.17, 15) is 19.7 Å². The number of nitro groups is 1. The topological polar surface area (TPSA) is 111 Å². The Labute approximate surface area is 198 Å². The molecule has 1 amide bonds. The Morgan fingerprint density at radius 3 is 2.03 bits per heavy atom. The molecule has 0 saturated carbocycles. The maximum atomic E-state index is 12.2. The Morgan fingerprint density at radius 2 is 1.48 bits per heavy atom. The van der Waals surface area contributed by atoms with Gasteiger partial charge < -0.3 is 15.4 Å². The number of carbonyl (C=O) groups excluding carboxylic acids is 2. The van der Waals surface area contributed by atoms with Gasteiger partial charge in [-0.2, -0.15) is 0 Å². The molecular formula is C25H41N3O5. The molecule has 0 aliphatic heterocycles. The smallest absolute Gasteiger partial charge is 0.307 e. The van der Waals surface area contributed by atoms with Crippen molar-refractivity contribution in [2.24, 2.45) is 0 Å². The van der Waals surface area contributed by atoms with Crippen LogP contribution in [0.5, 0.6) is 0 Å². The molecule has 0 saturated heterocycles. The highest BCUT2D eigenvalue weighted by Crippen LogP contribution is 2.25. The third kappa shape index (κ3) is 12.8. The average Bonchev–Trinajstić information content (AvgIpc) is 2.81. The van der Waals surface area contributed by atoms with Gasteiger partial charge >= 0.3 is 5.97 Å². The van der Waals surface area contributed by atoms with E-state index in [1.807, 2.05) is 0 Å². The lowest BCUT2D eigenvalue weighted by Gasteiger charge is -2.09. The first-order valence-electron chi connectivity index (χ1n) is 12.4. The minimum Gasteiger partial charge on any atom is -0.469 e. The molecule has 33 heavy (non-hydrogen) atoms. The van der Waals surface area contributed by atoms with E-state index < -0.39 is 16.8 Å². The number of hydrogen-bond donors (Lipinski definition) is 2. The number of nitrogens with one attached hydrogen (secondary N) is 2. The number of amides is 1. The Kier molecular flexibility index (Phi) is 15.4. The average molecular weight is 464 g/mol. The number of nitrogens with zero attached hydrogens (tertiary/aromatic N) is 1. The van der Waals surface area contributed by atoms with Crippen LogP contribution in [-0.2, 0) is 9.53 Å². The third-order valence-corrected chi connectivity index (χ3v) is 5.64. The van der Waals surface area contributed by atoms with E-state index in [0.29, 0.717) is 12.2 Å². The first-order chi connectivity index (χ1) is 16.0. The highest BCUT2D eigenvalue weighted by atomic mass is 16.6. The van der Waals surface area contributed by atoms with E-state index >= 15 is 0 Å². The molecule has 0 atom stereocenters. The number of hydrogen-bond acceptors (Lipinski definition) is 6. The van der Waals surface area contributed by atoms with Gasteiger partial charge in [0.25, 0.3) is 11.6 Å². The van der Waals surface area contributed by atoms with Crippen molar-refractivity contribution in [1.29, 1.82) is 0 Å². The number of carbonyl (C=O) groups is 2. The fourth-order valence-electron chi connectivity index (χ4n) is 3.64. The fraction of sp³-hybridized carbons (Fsp3) is 0.680. The van der Waals surface area contributed by atoms with E-state index in [2.05, 4.69) is 22.3 Å².